The number of anilines is 1. The first kappa shape index (κ1) is 11.9. The molecule has 0 spiro atoms. The Morgan fingerprint density at radius 1 is 1.32 bits per heavy atom. The average Bonchev–Trinajstić information content (AvgIpc) is 3.10. The van der Waals surface area contributed by atoms with Gasteiger partial charge in [-0.1, -0.05) is 5.16 Å². The molecule has 1 fully saturated rings. The molecule has 0 radical (unpaired) electrons. The van der Waals surface area contributed by atoms with Crippen molar-refractivity contribution < 1.29 is 8.91 Å². The van der Waals surface area contributed by atoms with Crippen molar-refractivity contribution in [1.29, 1.82) is 0 Å². The van der Waals surface area contributed by atoms with Crippen LogP contribution < -0.4 is 5.32 Å². The van der Waals surface area contributed by atoms with Crippen LogP contribution >= 0.6 is 0 Å². The Balaban J connectivity index is 1.61. The van der Waals surface area contributed by atoms with Gasteiger partial charge in [-0.15, -0.1) is 0 Å². The van der Waals surface area contributed by atoms with E-state index in [9.17, 15) is 4.39 Å². The molecule has 0 bridgehead atoms. The van der Waals surface area contributed by atoms with E-state index in [0.29, 0.717) is 29.9 Å². The van der Waals surface area contributed by atoms with Crippen LogP contribution in [0, 0.1) is 5.82 Å². The van der Waals surface area contributed by atoms with E-state index in [-0.39, 0.29) is 5.82 Å². The maximum Gasteiger partial charge on any atom is 0.230 e. The van der Waals surface area contributed by atoms with Crippen molar-refractivity contribution in [3.8, 4) is 17.2 Å². The number of fused-ring (bicyclic) bond motifs is 3. The lowest BCUT2D eigenvalue weighted by molar-refractivity contribution is 0.380. The van der Waals surface area contributed by atoms with Crippen molar-refractivity contribution in [3.63, 3.8) is 0 Å². The van der Waals surface area contributed by atoms with Gasteiger partial charge in [0.1, 0.15) is 17.8 Å². The predicted molar refractivity (Wildman–Crippen MR) is 76.1 cm³/mol. The molecule has 2 aliphatic rings. The van der Waals surface area contributed by atoms with Crippen molar-refractivity contribution in [2.75, 3.05) is 5.32 Å². The summed E-state index contributed by atoms with van der Waals surface area (Å²) in [5.74, 6) is 1.37. The maximum absolute atomic E-state index is 13.3. The number of imidazole rings is 1. The Morgan fingerprint density at radius 3 is 3.09 bits per heavy atom. The second-order valence-electron chi connectivity index (χ2n) is 5.66. The van der Waals surface area contributed by atoms with Gasteiger partial charge in [-0.05, 0) is 31.0 Å². The van der Waals surface area contributed by atoms with Crippen LogP contribution in [0.4, 0.5) is 10.1 Å². The maximum atomic E-state index is 13.3. The van der Waals surface area contributed by atoms with E-state index in [0.717, 1.165) is 29.9 Å². The molecule has 1 aliphatic carbocycles. The first-order chi connectivity index (χ1) is 10.8. The number of aromatic nitrogens is 4. The summed E-state index contributed by atoms with van der Waals surface area (Å²) in [6.07, 6.45) is 3.95. The molecular formula is C15H12FN5O. The number of benzene rings is 1. The molecule has 1 N–H and O–H groups in total. The lowest BCUT2D eigenvalue weighted by atomic mass is 10.2. The summed E-state index contributed by atoms with van der Waals surface area (Å²) in [5.41, 5.74) is 3.27. The van der Waals surface area contributed by atoms with E-state index in [1.54, 1.807) is 12.4 Å². The second kappa shape index (κ2) is 4.16. The Hall–Kier alpha value is -2.70. The van der Waals surface area contributed by atoms with E-state index in [1.807, 2.05) is 4.57 Å². The van der Waals surface area contributed by atoms with Gasteiger partial charge in [-0.3, -0.25) is 4.57 Å². The average molecular weight is 297 g/mol. The van der Waals surface area contributed by atoms with Crippen LogP contribution in [0.15, 0.2) is 29.0 Å². The van der Waals surface area contributed by atoms with Gasteiger partial charge in [-0.25, -0.2) is 9.37 Å². The zero-order valence-corrected chi connectivity index (χ0v) is 11.6. The van der Waals surface area contributed by atoms with E-state index in [1.165, 1.54) is 12.1 Å². The van der Waals surface area contributed by atoms with Crippen molar-refractivity contribution in [1.82, 2.24) is 19.7 Å². The number of rotatable bonds is 2. The van der Waals surface area contributed by atoms with Crippen molar-refractivity contribution in [2.24, 2.45) is 0 Å². The summed E-state index contributed by atoms with van der Waals surface area (Å²) >= 11 is 0. The van der Waals surface area contributed by atoms with Gasteiger partial charge < -0.3 is 9.84 Å². The van der Waals surface area contributed by atoms with E-state index in [2.05, 4.69) is 20.4 Å². The smallest absolute Gasteiger partial charge is 0.230 e. The fourth-order valence-corrected chi connectivity index (χ4v) is 2.80. The molecule has 7 heteroatoms. The number of nitrogens with zero attached hydrogens (tertiary/aromatic N) is 4. The lowest BCUT2D eigenvalue weighted by Crippen LogP contribution is -2.15. The number of nitrogens with one attached hydrogen (secondary N) is 1. The minimum atomic E-state index is -0.262. The van der Waals surface area contributed by atoms with Gasteiger partial charge in [0.05, 0.1) is 23.6 Å². The molecule has 0 saturated heterocycles. The van der Waals surface area contributed by atoms with Crippen LogP contribution in [0.25, 0.3) is 17.2 Å². The third-order valence-electron chi connectivity index (χ3n) is 4.11. The third kappa shape index (κ3) is 1.68. The van der Waals surface area contributed by atoms with Gasteiger partial charge in [0.2, 0.25) is 11.7 Å². The molecule has 1 aliphatic heterocycles. The van der Waals surface area contributed by atoms with Crippen LogP contribution in [-0.2, 0) is 6.54 Å². The third-order valence-corrected chi connectivity index (χ3v) is 4.11. The summed E-state index contributed by atoms with van der Waals surface area (Å²) < 4.78 is 20.6. The molecule has 0 atom stereocenters. The fourth-order valence-electron chi connectivity index (χ4n) is 2.80. The van der Waals surface area contributed by atoms with Crippen molar-refractivity contribution in [3.05, 3.63) is 41.9 Å². The molecule has 5 rings (SSSR count). The largest absolute Gasteiger partial charge is 0.378 e. The Labute approximate surface area is 125 Å². The molecule has 1 saturated carbocycles. The van der Waals surface area contributed by atoms with E-state index >= 15 is 0 Å². The highest BCUT2D eigenvalue weighted by Crippen LogP contribution is 2.40. The molecular weight excluding hydrogens is 285 g/mol. The monoisotopic (exact) mass is 297 g/mol. The standard InChI is InChI=1S/C15H12FN5O/c16-9-3-4-11-10(5-9)17-6-12-13(18-7-21(11)12)14-19-15(22-20-14)8-1-2-8/h3-5,7-8,17H,1-2,6H2. The minimum absolute atomic E-state index is 0.262. The first-order valence-corrected chi connectivity index (χ1v) is 7.23. The zero-order valence-electron chi connectivity index (χ0n) is 11.6. The molecule has 0 amide bonds. The quantitative estimate of drug-likeness (QED) is 0.787. The summed E-state index contributed by atoms with van der Waals surface area (Å²) in [5, 5.41) is 7.26. The Bertz CT molecular complexity index is 880. The normalized spacial score (nSPS) is 16.0. The first-order valence-electron chi connectivity index (χ1n) is 7.23. The highest BCUT2D eigenvalue weighted by Gasteiger charge is 2.31. The van der Waals surface area contributed by atoms with Crippen LogP contribution in [0.1, 0.15) is 30.3 Å². The van der Waals surface area contributed by atoms with Crippen molar-refractivity contribution in [2.45, 2.75) is 25.3 Å². The van der Waals surface area contributed by atoms with E-state index in [4.69, 9.17) is 4.52 Å². The zero-order chi connectivity index (χ0) is 14.7. The Kier molecular flexibility index (Phi) is 2.25. The van der Waals surface area contributed by atoms with Gasteiger partial charge in [-0.2, -0.15) is 4.98 Å². The topological polar surface area (TPSA) is 68.8 Å². The van der Waals surface area contributed by atoms with Crippen LogP contribution in [-0.4, -0.2) is 19.7 Å². The summed E-state index contributed by atoms with van der Waals surface area (Å²) in [7, 11) is 0. The molecule has 0 unspecified atom stereocenters. The van der Waals surface area contributed by atoms with Crippen LogP contribution in [0.5, 0.6) is 0 Å². The molecule has 3 aromatic rings. The lowest BCUT2D eigenvalue weighted by Gasteiger charge is -2.20. The Morgan fingerprint density at radius 2 is 2.23 bits per heavy atom. The number of hydrogen-bond acceptors (Lipinski definition) is 5. The predicted octanol–water partition coefficient (Wildman–Crippen LogP) is 2.86. The number of halogens is 1. The van der Waals surface area contributed by atoms with Crippen LogP contribution in [0.2, 0.25) is 0 Å². The summed E-state index contributed by atoms with van der Waals surface area (Å²) in [4.78, 5) is 8.88. The molecule has 3 heterocycles. The van der Waals surface area contributed by atoms with Gasteiger partial charge in [0.15, 0.2) is 0 Å². The molecule has 22 heavy (non-hydrogen) atoms. The van der Waals surface area contributed by atoms with Gasteiger partial charge in [0, 0.05) is 5.92 Å². The summed E-state index contributed by atoms with van der Waals surface area (Å²) in [6.45, 7) is 0.541. The highest BCUT2D eigenvalue weighted by atomic mass is 19.1. The van der Waals surface area contributed by atoms with Gasteiger partial charge in [0.25, 0.3) is 0 Å². The van der Waals surface area contributed by atoms with Crippen molar-refractivity contribution >= 4 is 5.69 Å². The highest BCUT2D eigenvalue weighted by molar-refractivity contribution is 5.67. The molecule has 2 aromatic heterocycles. The number of hydrogen-bond donors (Lipinski definition) is 1. The molecule has 6 nitrogen and oxygen atoms in total. The molecule has 110 valence electrons. The minimum Gasteiger partial charge on any atom is -0.378 e. The molecule has 1 aromatic carbocycles. The second-order valence-corrected chi connectivity index (χ2v) is 5.66. The van der Waals surface area contributed by atoms with Crippen LogP contribution in [0.3, 0.4) is 0 Å². The summed E-state index contributed by atoms with van der Waals surface area (Å²) in [6, 6.07) is 4.66. The van der Waals surface area contributed by atoms with E-state index < -0.39 is 0 Å². The van der Waals surface area contributed by atoms with Gasteiger partial charge >= 0.3 is 0 Å². The SMILES string of the molecule is Fc1ccc2c(c1)NCc1c(-c3noc(C4CC4)n3)ncn1-2. The fraction of sp³-hybridized carbons (Fsp3) is 0.267.